The zero-order chi connectivity index (χ0) is 20.7. The summed E-state index contributed by atoms with van der Waals surface area (Å²) < 4.78 is 17.3. The van der Waals surface area contributed by atoms with E-state index in [0.29, 0.717) is 12.6 Å². The molecule has 1 saturated heterocycles. The summed E-state index contributed by atoms with van der Waals surface area (Å²) in [6.07, 6.45) is 6.83. The van der Waals surface area contributed by atoms with Crippen LogP contribution in [0.2, 0.25) is 0 Å². The minimum Gasteiger partial charge on any atom is -0.493 e. The van der Waals surface area contributed by atoms with E-state index in [-0.39, 0.29) is 0 Å². The molecule has 0 amide bonds. The topological polar surface area (TPSA) is 64.1 Å². The fraction of sp³-hybridized carbons (Fsp3) is 0.696. The largest absolute Gasteiger partial charge is 0.493 e. The number of aliphatic imine (C=N–C) groups is 1. The van der Waals surface area contributed by atoms with Crippen molar-refractivity contribution in [3.8, 4) is 5.75 Å². The maximum Gasteiger partial charge on any atom is 0.191 e. The Morgan fingerprint density at radius 1 is 1.14 bits per heavy atom. The van der Waals surface area contributed by atoms with Crippen LogP contribution >= 0.6 is 0 Å². The lowest BCUT2D eigenvalue weighted by molar-refractivity contribution is -0.0320. The molecule has 0 unspecified atom stereocenters. The highest BCUT2D eigenvalue weighted by Gasteiger charge is 2.13. The second-order valence-corrected chi connectivity index (χ2v) is 7.56. The Balaban J connectivity index is 1.69. The van der Waals surface area contributed by atoms with Crippen LogP contribution in [0, 0.1) is 6.92 Å². The average molecular weight is 406 g/mol. The van der Waals surface area contributed by atoms with Crippen LogP contribution in [0.25, 0.3) is 0 Å². The molecule has 0 aliphatic carbocycles. The Bertz CT molecular complexity index is 601. The Labute approximate surface area is 176 Å². The molecular formula is C23H39N3O3. The van der Waals surface area contributed by atoms with Gasteiger partial charge in [0.1, 0.15) is 5.75 Å². The van der Waals surface area contributed by atoms with Crippen LogP contribution in [-0.2, 0) is 16.0 Å². The number of guanidine groups is 1. The highest BCUT2D eigenvalue weighted by molar-refractivity contribution is 5.79. The molecule has 1 aromatic rings. The zero-order valence-corrected chi connectivity index (χ0v) is 18.5. The maximum atomic E-state index is 6.03. The van der Waals surface area contributed by atoms with Gasteiger partial charge in [0.05, 0.1) is 12.7 Å². The van der Waals surface area contributed by atoms with E-state index in [1.54, 1.807) is 7.05 Å². The lowest BCUT2D eigenvalue weighted by Gasteiger charge is -2.22. The van der Waals surface area contributed by atoms with Gasteiger partial charge in [0, 0.05) is 45.5 Å². The summed E-state index contributed by atoms with van der Waals surface area (Å²) in [5.74, 6) is 1.77. The lowest BCUT2D eigenvalue weighted by Crippen LogP contribution is -2.37. The molecule has 0 bridgehead atoms. The summed E-state index contributed by atoms with van der Waals surface area (Å²) in [6.45, 7) is 8.99. The number of ether oxygens (including phenoxy) is 3. The smallest absolute Gasteiger partial charge is 0.191 e. The molecule has 2 N–H and O–H groups in total. The van der Waals surface area contributed by atoms with Crippen LogP contribution in [0.1, 0.15) is 56.6 Å². The molecule has 1 heterocycles. The van der Waals surface area contributed by atoms with Crippen molar-refractivity contribution in [2.24, 2.45) is 4.99 Å². The second-order valence-electron chi connectivity index (χ2n) is 7.56. The van der Waals surface area contributed by atoms with Gasteiger partial charge >= 0.3 is 0 Å². The molecule has 0 atom stereocenters. The quantitative estimate of drug-likeness (QED) is 0.314. The van der Waals surface area contributed by atoms with E-state index in [1.807, 2.05) is 0 Å². The number of aryl methyl sites for hydroxylation is 1. The summed E-state index contributed by atoms with van der Waals surface area (Å²) >= 11 is 0. The molecule has 0 radical (unpaired) electrons. The standard InChI is InChI=1S/C23H39N3O3/c1-4-5-6-13-29-22-17-19(2)8-9-20(22)18-26-23(24-3)25-12-7-14-28-21-10-15-27-16-11-21/h8-9,17,21H,4-7,10-16,18H2,1-3H3,(H2,24,25,26). The van der Waals surface area contributed by atoms with E-state index in [4.69, 9.17) is 14.2 Å². The first-order valence-corrected chi connectivity index (χ1v) is 11.1. The first-order chi connectivity index (χ1) is 14.2. The lowest BCUT2D eigenvalue weighted by atomic mass is 10.1. The molecule has 1 aliphatic rings. The van der Waals surface area contributed by atoms with Gasteiger partial charge in [0.15, 0.2) is 5.96 Å². The molecule has 0 saturated carbocycles. The number of nitrogens with zero attached hydrogens (tertiary/aromatic N) is 1. The molecule has 1 aromatic carbocycles. The zero-order valence-electron chi connectivity index (χ0n) is 18.5. The predicted octanol–water partition coefficient (Wildman–Crippen LogP) is 3.81. The van der Waals surface area contributed by atoms with Crippen LogP contribution in [-0.4, -0.2) is 52.1 Å². The highest BCUT2D eigenvalue weighted by Crippen LogP contribution is 2.20. The van der Waals surface area contributed by atoms with Crippen LogP contribution in [0.3, 0.4) is 0 Å². The number of nitrogens with one attached hydrogen (secondary N) is 2. The SMILES string of the molecule is CCCCCOc1cc(C)ccc1CNC(=NC)NCCCOC1CCOCC1. The van der Waals surface area contributed by atoms with Gasteiger partial charge in [-0.25, -0.2) is 0 Å². The third-order valence-corrected chi connectivity index (χ3v) is 5.03. The Morgan fingerprint density at radius 3 is 2.72 bits per heavy atom. The molecule has 6 nitrogen and oxygen atoms in total. The van der Waals surface area contributed by atoms with Gasteiger partial charge in [-0.3, -0.25) is 4.99 Å². The number of unbranched alkanes of at least 4 members (excludes halogenated alkanes) is 2. The highest BCUT2D eigenvalue weighted by atomic mass is 16.5. The van der Waals surface area contributed by atoms with Gasteiger partial charge < -0.3 is 24.8 Å². The molecule has 2 rings (SSSR count). The fourth-order valence-electron chi connectivity index (χ4n) is 3.25. The monoisotopic (exact) mass is 405 g/mol. The van der Waals surface area contributed by atoms with Gasteiger partial charge in [0.25, 0.3) is 0 Å². The number of benzene rings is 1. The van der Waals surface area contributed by atoms with E-state index in [2.05, 4.69) is 47.7 Å². The summed E-state index contributed by atoms with van der Waals surface area (Å²) in [7, 11) is 1.80. The van der Waals surface area contributed by atoms with Crippen LogP contribution in [0.4, 0.5) is 0 Å². The third-order valence-electron chi connectivity index (χ3n) is 5.03. The van der Waals surface area contributed by atoms with Crippen molar-refractivity contribution in [2.75, 3.05) is 40.0 Å². The van der Waals surface area contributed by atoms with E-state index in [1.165, 1.54) is 18.4 Å². The average Bonchev–Trinajstić information content (AvgIpc) is 2.75. The maximum absolute atomic E-state index is 6.03. The molecular weight excluding hydrogens is 366 g/mol. The predicted molar refractivity (Wildman–Crippen MR) is 119 cm³/mol. The van der Waals surface area contributed by atoms with E-state index in [0.717, 1.165) is 75.9 Å². The van der Waals surface area contributed by atoms with Crippen LogP contribution in [0.15, 0.2) is 23.2 Å². The van der Waals surface area contributed by atoms with Crippen molar-refractivity contribution < 1.29 is 14.2 Å². The minimum absolute atomic E-state index is 0.360. The van der Waals surface area contributed by atoms with E-state index < -0.39 is 0 Å². The van der Waals surface area contributed by atoms with Crippen LogP contribution in [0.5, 0.6) is 5.75 Å². The van der Waals surface area contributed by atoms with Gasteiger partial charge in [-0.1, -0.05) is 31.9 Å². The second kappa shape index (κ2) is 14.2. The van der Waals surface area contributed by atoms with Crippen LogP contribution < -0.4 is 15.4 Å². The van der Waals surface area contributed by atoms with Gasteiger partial charge in [-0.05, 0) is 44.2 Å². The number of rotatable bonds is 12. The van der Waals surface area contributed by atoms with Crippen molar-refractivity contribution in [3.05, 3.63) is 29.3 Å². The summed E-state index contributed by atoms with van der Waals surface area (Å²) in [5.41, 5.74) is 2.36. The summed E-state index contributed by atoms with van der Waals surface area (Å²) in [4.78, 5) is 4.32. The summed E-state index contributed by atoms with van der Waals surface area (Å²) in [5, 5.41) is 6.75. The Morgan fingerprint density at radius 2 is 1.97 bits per heavy atom. The van der Waals surface area contributed by atoms with Gasteiger partial charge in [-0.2, -0.15) is 0 Å². The number of hydrogen-bond donors (Lipinski definition) is 2. The van der Waals surface area contributed by atoms with Crippen molar-refractivity contribution >= 4 is 5.96 Å². The van der Waals surface area contributed by atoms with E-state index in [9.17, 15) is 0 Å². The first kappa shape index (κ1) is 23.5. The molecule has 29 heavy (non-hydrogen) atoms. The van der Waals surface area contributed by atoms with Crippen molar-refractivity contribution in [2.45, 2.75) is 65.0 Å². The van der Waals surface area contributed by atoms with Crippen molar-refractivity contribution in [3.63, 3.8) is 0 Å². The van der Waals surface area contributed by atoms with Gasteiger partial charge in [0.2, 0.25) is 0 Å². The fourth-order valence-corrected chi connectivity index (χ4v) is 3.25. The molecule has 0 spiro atoms. The molecule has 0 aromatic heterocycles. The van der Waals surface area contributed by atoms with Gasteiger partial charge in [-0.15, -0.1) is 0 Å². The minimum atomic E-state index is 0.360. The summed E-state index contributed by atoms with van der Waals surface area (Å²) in [6, 6.07) is 6.37. The normalized spacial score (nSPS) is 15.3. The Hall–Kier alpha value is -1.79. The van der Waals surface area contributed by atoms with Crippen molar-refractivity contribution in [1.82, 2.24) is 10.6 Å². The Kier molecular flexibility index (Phi) is 11.5. The van der Waals surface area contributed by atoms with Crippen molar-refractivity contribution in [1.29, 1.82) is 0 Å². The molecule has 1 fully saturated rings. The first-order valence-electron chi connectivity index (χ1n) is 11.1. The number of hydrogen-bond acceptors (Lipinski definition) is 4. The molecule has 1 aliphatic heterocycles. The molecule has 6 heteroatoms. The third kappa shape index (κ3) is 9.50. The van der Waals surface area contributed by atoms with E-state index >= 15 is 0 Å². The molecule has 164 valence electrons.